The number of halogens is 1. The van der Waals surface area contributed by atoms with E-state index in [9.17, 15) is 14.0 Å². The highest BCUT2D eigenvalue weighted by Crippen LogP contribution is 2.11. The normalized spacial score (nSPS) is 15.4. The zero-order chi connectivity index (χ0) is 15.9. The smallest absolute Gasteiger partial charge is 0.251 e. The minimum atomic E-state index is -0.396. The van der Waals surface area contributed by atoms with Crippen LogP contribution in [0.25, 0.3) is 0 Å². The molecule has 0 saturated carbocycles. The average Bonchev–Trinajstić information content (AvgIpc) is 2.54. The first-order chi connectivity index (χ1) is 10.6. The maximum Gasteiger partial charge on any atom is 0.251 e. The van der Waals surface area contributed by atoms with Gasteiger partial charge in [0.15, 0.2) is 0 Å². The molecule has 0 atom stereocenters. The van der Waals surface area contributed by atoms with Crippen LogP contribution in [0.1, 0.15) is 28.8 Å². The number of hydrogen-bond donors (Lipinski definition) is 3. The van der Waals surface area contributed by atoms with Gasteiger partial charge in [-0.05, 0) is 50.6 Å². The maximum absolute atomic E-state index is 13.4. The first-order valence-electron chi connectivity index (χ1n) is 7.60. The number of nitrogens with one attached hydrogen (secondary N) is 3. The Morgan fingerprint density at radius 1 is 1.23 bits per heavy atom. The van der Waals surface area contributed by atoms with Gasteiger partial charge in [0, 0.05) is 24.6 Å². The van der Waals surface area contributed by atoms with Crippen LogP contribution in [0.2, 0.25) is 0 Å². The third-order valence-corrected chi connectivity index (χ3v) is 3.85. The summed E-state index contributed by atoms with van der Waals surface area (Å²) in [6.07, 6.45) is 1.70. The summed E-state index contributed by atoms with van der Waals surface area (Å²) >= 11 is 0. The Labute approximate surface area is 129 Å². The second-order valence-electron chi connectivity index (χ2n) is 5.54. The number of rotatable bonds is 5. The second kappa shape index (κ2) is 7.89. The third kappa shape index (κ3) is 4.53. The zero-order valence-electron chi connectivity index (χ0n) is 12.7. The van der Waals surface area contributed by atoms with Crippen molar-refractivity contribution in [2.24, 2.45) is 5.92 Å². The van der Waals surface area contributed by atoms with Gasteiger partial charge in [-0.3, -0.25) is 9.59 Å². The lowest BCUT2D eigenvalue weighted by molar-refractivity contribution is -0.125. The van der Waals surface area contributed by atoms with Gasteiger partial charge in [-0.25, -0.2) is 4.39 Å². The molecule has 22 heavy (non-hydrogen) atoms. The molecule has 5 nitrogen and oxygen atoms in total. The van der Waals surface area contributed by atoms with Crippen molar-refractivity contribution in [2.75, 3.05) is 26.2 Å². The van der Waals surface area contributed by atoms with E-state index in [0.717, 1.165) is 25.9 Å². The molecule has 0 radical (unpaired) electrons. The fourth-order valence-corrected chi connectivity index (χ4v) is 2.43. The molecule has 1 aliphatic rings. The molecule has 6 heteroatoms. The van der Waals surface area contributed by atoms with E-state index < -0.39 is 5.82 Å². The van der Waals surface area contributed by atoms with E-state index >= 15 is 0 Å². The Bertz CT molecular complexity index is 542. The summed E-state index contributed by atoms with van der Waals surface area (Å²) in [5, 5.41) is 8.71. The quantitative estimate of drug-likeness (QED) is 0.710. The lowest BCUT2D eigenvalue weighted by atomic mass is 9.97. The monoisotopic (exact) mass is 307 g/mol. The van der Waals surface area contributed by atoms with Crippen LogP contribution >= 0.6 is 0 Å². The maximum atomic E-state index is 13.4. The fourth-order valence-electron chi connectivity index (χ4n) is 2.43. The largest absolute Gasteiger partial charge is 0.354 e. The van der Waals surface area contributed by atoms with Crippen LogP contribution in [-0.4, -0.2) is 38.0 Å². The number of carbonyl (C=O) groups is 2. The van der Waals surface area contributed by atoms with Gasteiger partial charge in [0.1, 0.15) is 5.82 Å². The van der Waals surface area contributed by atoms with Crippen molar-refractivity contribution in [3.63, 3.8) is 0 Å². The minimum Gasteiger partial charge on any atom is -0.354 e. The van der Waals surface area contributed by atoms with E-state index in [1.54, 1.807) is 19.1 Å². The van der Waals surface area contributed by atoms with Crippen molar-refractivity contribution >= 4 is 11.8 Å². The van der Waals surface area contributed by atoms with Gasteiger partial charge in [-0.15, -0.1) is 0 Å². The average molecular weight is 307 g/mol. The summed E-state index contributed by atoms with van der Waals surface area (Å²) in [5.41, 5.74) is 0.790. The van der Waals surface area contributed by atoms with Crippen LogP contribution in [0.4, 0.5) is 4.39 Å². The lowest BCUT2D eigenvalue weighted by Gasteiger charge is -2.21. The van der Waals surface area contributed by atoms with Gasteiger partial charge in [-0.2, -0.15) is 0 Å². The molecule has 1 aliphatic heterocycles. The van der Waals surface area contributed by atoms with Crippen molar-refractivity contribution < 1.29 is 14.0 Å². The molecule has 3 N–H and O–H groups in total. The highest BCUT2D eigenvalue weighted by atomic mass is 19.1. The Morgan fingerprint density at radius 3 is 2.59 bits per heavy atom. The summed E-state index contributed by atoms with van der Waals surface area (Å²) in [4.78, 5) is 23.7. The van der Waals surface area contributed by atoms with E-state index in [1.807, 2.05) is 0 Å². The number of piperidine rings is 1. The zero-order valence-corrected chi connectivity index (χ0v) is 12.7. The van der Waals surface area contributed by atoms with Gasteiger partial charge in [0.05, 0.1) is 0 Å². The van der Waals surface area contributed by atoms with Crippen molar-refractivity contribution in [1.82, 2.24) is 16.0 Å². The van der Waals surface area contributed by atoms with Crippen LogP contribution in [0, 0.1) is 18.7 Å². The topological polar surface area (TPSA) is 70.2 Å². The standard InChI is InChI=1S/C16H22FN3O2/c1-11-2-3-13(10-14(11)17)16(22)20-9-8-19-15(21)12-4-6-18-7-5-12/h2-3,10,12,18H,4-9H2,1H3,(H,19,21)(H,20,22). The summed E-state index contributed by atoms with van der Waals surface area (Å²) < 4.78 is 13.4. The van der Waals surface area contributed by atoms with Crippen molar-refractivity contribution in [3.8, 4) is 0 Å². The number of hydrogen-bond acceptors (Lipinski definition) is 3. The first kappa shape index (κ1) is 16.4. The van der Waals surface area contributed by atoms with Crippen molar-refractivity contribution in [1.29, 1.82) is 0 Å². The lowest BCUT2D eigenvalue weighted by Crippen LogP contribution is -2.41. The van der Waals surface area contributed by atoms with Crippen LogP contribution in [0.3, 0.4) is 0 Å². The van der Waals surface area contributed by atoms with Gasteiger partial charge < -0.3 is 16.0 Å². The molecule has 2 amide bonds. The fraction of sp³-hybridized carbons (Fsp3) is 0.500. The molecule has 1 fully saturated rings. The van der Waals surface area contributed by atoms with Crippen LogP contribution in [-0.2, 0) is 4.79 Å². The highest BCUT2D eigenvalue weighted by molar-refractivity contribution is 5.94. The molecular weight excluding hydrogens is 285 g/mol. The van der Waals surface area contributed by atoms with Crippen molar-refractivity contribution in [3.05, 3.63) is 35.1 Å². The number of benzene rings is 1. The predicted molar refractivity (Wildman–Crippen MR) is 82.1 cm³/mol. The number of amides is 2. The van der Waals surface area contributed by atoms with Gasteiger partial charge in [0.25, 0.3) is 5.91 Å². The number of aryl methyl sites for hydroxylation is 1. The molecule has 0 aromatic heterocycles. The SMILES string of the molecule is Cc1ccc(C(=O)NCCNC(=O)C2CCNCC2)cc1F. The van der Waals surface area contributed by atoms with Crippen LogP contribution in [0.15, 0.2) is 18.2 Å². The molecule has 0 bridgehead atoms. The second-order valence-corrected chi connectivity index (χ2v) is 5.54. The highest BCUT2D eigenvalue weighted by Gasteiger charge is 2.20. The summed E-state index contributed by atoms with van der Waals surface area (Å²) in [6, 6.07) is 4.38. The van der Waals surface area contributed by atoms with E-state index in [-0.39, 0.29) is 23.3 Å². The Kier molecular flexibility index (Phi) is 5.89. The van der Waals surface area contributed by atoms with E-state index in [2.05, 4.69) is 16.0 Å². The molecule has 1 aromatic rings. The molecule has 1 aromatic carbocycles. The Morgan fingerprint density at radius 2 is 1.91 bits per heavy atom. The molecule has 0 unspecified atom stereocenters. The van der Waals surface area contributed by atoms with Crippen molar-refractivity contribution in [2.45, 2.75) is 19.8 Å². The minimum absolute atomic E-state index is 0.0390. The number of carbonyl (C=O) groups excluding carboxylic acids is 2. The van der Waals surface area contributed by atoms with Crippen LogP contribution < -0.4 is 16.0 Å². The van der Waals surface area contributed by atoms with E-state index in [4.69, 9.17) is 0 Å². The summed E-state index contributed by atoms with van der Waals surface area (Å²) in [5.74, 6) is -0.637. The molecular formula is C16H22FN3O2. The summed E-state index contributed by atoms with van der Waals surface area (Å²) in [6.45, 7) is 4.09. The molecule has 1 saturated heterocycles. The predicted octanol–water partition coefficient (Wildman–Crippen LogP) is 0.980. The Balaban J connectivity index is 1.70. The molecule has 0 spiro atoms. The Hall–Kier alpha value is -1.95. The third-order valence-electron chi connectivity index (χ3n) is 3.85. The summed E-state index contributed by atoms with van der Waals surface area (Å²) in [7, 11) is 0. The molecule has 120 valence electrons. The molecule has 1 heterocycles. The van der Waals surface area contributed by atoms with Crippen LogP contribution in [0.5, 0.6) is 0 Å². The van der Waals surface area contributed by atoms with Gasteiger partial charge in [-0.1, -0.05) is 6.07 Å². The first-order valence-corrected chi connectivity index (χ1v) is 7.60. The van der Waals surface area contributed by atoms with Gasteiger partial charge in [0.2, 0.25) is 5.91 Å². The molecule has 2 rings (SSSR count). The van der Waals surface area contributed by atoms with E-state index in [0.29, 0.717) is 18.7 Å². The molecule has 0 aliphatic carbocycles. The van der Waals surface area contributed by atoms with Gasteiger partial charge >= 0.3 is 0 Å². The van der Waals surface area contributed by atoms with E-state index in [1.165, 1.54) is 6.07 Å².